The van der Waals surface area contributed by atoms with E-state index in [1.165, 1.54) is 6.07 Å². The highest BCUT2D eigenvalue weighted by Crippen LogP contribution is 2.47. The van der Waals surface area contributed by atoms with Gasteiger partial charge in [-0.2, -0.15) is 13.2 Å². The summed E-state index contributed by atoms with van der Waals surface area (Å²) in [6, 6.07) is 5.27. The Hall–Kier alpha value is -1.03. The van der Waals surface area contributed by atoms with Gasteiger partial charge in [-0.3, -0.25) is 0 Å². The normalized spacial score (nSPS) is 26.6. The van der Waals surface area contributed by atoms with Crippen molar-refractivity contribution in [1.82, 2.24) is 0 Å². The fourth-order valence-electron chi connectivity index (χ4n) is 2.92. The molecule has 1 nitrogen and oxygen atoms in total. The third-order valence-corrected chi connectivity index (χ3v) is 4.40. The lowest BCUT2D eigenvalue weighted by molar-refractivity contribution is -0.137. The number of hydrogen-bond acceptors (Lipinski definition) is 1. The second kappa shape index (κ2) is 4.51. The van der Waals surface area contributed by atoms with Crippen molar-refractivity contribution >= 4 is 0 Å². The second-order valence-electron chi connectivity index (χ2n) is 6.14. The minimum Gasteiger partial charge on any atom is -0.389 e. The molecular weight excluding hydrogens is 253 g/mol. The molecular formula is C15H19F3O. The molecule has 0 aliphatic heterocycles. The summed E-state index contributed by atoms with van der Waals surface area (Å²) in [6.07, 6.45) is -1.57. The zero-order valence-corrected chi connectivity index (χ0v) is 11.2. The van der Waals surface area contributed by atoms with Gasteiger partial charge in [0.05, 0.1) is 11.2 Å². The van der Waals surface area contributed by atoms with Gasteiger partial charge in [-0.25, -0.2) is 0 Å². The molecule has 0 heterocycles. The number of benzene rings is 1. The molecule has 0 aromatic heterocycles. The first-order valence-corrected chi connectivity index (χ1v) is 6.53. The Bertz CT molecular complexity index is 465. The highest BCUT2D eigenvalue weighted by atomic mass is 19.4. The monoisotopic (exact) mass is 272 g/mol. The zero-order chi connectivity index (χ0) is 14.3. The van der Waals surface area contributed by atoms with Gasteiger partial charge in [0.25, 0.3) is 0 Å². The van der Waals surface area contributed by atoms with E-state index >= 15 is 0 Å². The maximum atomic E-state index is 12.7. The van der Waals surface area contributed by atoms with E-state index in [0.29, 0.717) is 12.0 Å². The van der Waals surface area contributed by atoms with E-state index in [2.05, 4.69) is 0 Å². The summed E-state index contributed by atoms with van der Waals surface area (Å²) in [6.45, 7) is 3.96. The van der Waals surface area contributed by atoms with Crippen LogP contribution in [-0.4, -0.2) is 10.7 Å². The first-order valence-electron chi connectivity index (χ1n) is 6.53. The number of alkyl halides is 3. The minimum absolute atomic E-state index is 0.249. The second-order valence-corrected chi connectivity index (χ2v) is 6.14. The number of rotatable bonds is 2. The molecule has 1 aliphatic carbocycles. The predicted octanol–water partition coefficient (Wildman–Crippen LogP) is 4.19. The first kappa shape index (κ1) is 14.4. The summed E-state index contributed by atoms with van der Waals surface area (Å²) in [5.74, 6) is 0. The molecule has 1 aromatic rings. The minimum atomic E-state index is -4.33. The summed E-state index contributed by atoms with van der Waals surface area (Å²) < 4.78 is 38.0. The van der Waals surface area contributed by atoms with E-state index < -0.39 is 17.3 Å². The molecule has 0 amide bonds. The third kappa shape index (κ3) is 2.78. The standard InChI is InChI=1S/C15H19F3O/c1-13(2)7-4-8-14(13,19)10-11-5-3-6-12(9-11)15(16,17)18/h3,5-6,9,19H,4,7-8,10H2,1-2H3. The maximum Gasteiger partial charge on any atom is 0.416 e. The van der Waals surface area contributed by atoms with Gasteiger partial charge in [-0.05, 0) is 36.3 Å². The fraction of sp³-hybridized carbons (Fsp3) is 0.600. The van der Waals surface area contributed by atoms with E-state index in [4.69, 9.17) is 0 Å². The zero-order valence-electron chi connectivity index (χ0n) is 11.2. The maximum absolute atomic E-state index is 12.7. The molecule has 1 aliphatic rings. The van der Waals surface area contributed by atoms with Crippen LogP contribution in [0.4, 0.5) is 13.2 Å². The van der Waals surface area contributed by atoms with Crippen molar-refractivity contribution in [3.63, 3.8) is 0 Å². The highest BCUT2D eigenvalue weighted by Gasteiger charge is 2.47. The van der Waals surface area contributed by atoms with Crippen molar-refractivity contribution in [3.8, 4) is 0 Å². The van der Waals surface area contributed by atoms with Crippen LogP contribution in [0.1, 0.15) is 44.2 Å². The largest absolute Gasteiger partial charge is 0.416 e. The molecule has 1 saturated carbocycles. The van der Waals surface area contributed by atoms with Gasteiger partial charge in [-0.1, -0.05) is 32.0 Å². The van der Waals surface area contributed by atoms with Gasteiger partial charge in [-0.15, -0.1) is 0 Å². The molecule has 1 unspecified atom stereocenters. The van der Waals surface area contributed by atoms with Gasteiger partial charge in [0.2, 0.25) is 0 Å². The van der Waals surface area contributed by atoms with Crippen molar-refractivity contribution in [2.45, 2.75) is 51.3 Å². The van der Waals surface area contributed by atoms with Gasteiger partial charge in [0, 0.05) is 6.42 Å². The van der Waals surface area contributed by atoms with Crippen molar-refractivity contribution in [2.75, 3.05) is 0 Å². The van der Waals surface area contributed by atoms with Crippen LogP contribution in [0.2, 0.25) is 0 Å². The fourth-order valence-corrected chi connectivity index (χ4v) is 2.92. The predicted molar refractivity (Wildman–Crippen MR) is 67.7 cm³/mol. The summed E-state index contributed by atoms with van der Waals surface area (Å²) in [7, 11) is 0. The summed E-state index contributed by atoms with van der Waals surface area (Å²) in [5.41, 5.74) is -1.25. The molecule has 19 heavy (non-hydrogen) atoms. The Morgan fingerprint density at radius 3 is 2.42 bits per heavy atom. The molecule has 1 atom stereocenters. The van der Waals surface area contributed by atoms with E-state index in [-0.39, 0.29) is 11.8 Å². The van der Waals surface area contributed by atoms with Gasteiger partial charge in [0.1, 0.15) is 0 Å². The lowest BCUT2D eigenvalue weighted by Gasteiger charge is -2.37. The Morgan fingerprint density at radius 2 is 1.89 bits per heavy atom. The molecule has 0 saturated heterocycles. The molecule has 4 heteroatoms. The molecule has 1 N–H and O–H groups in total. The Balaban J connectivity index is 2.25. The average molecular weight is 272 g/mol. The summed E-state index contributed by atoms with van der Waals surface area (Å²) in [5, 5.41) is 10.7. The number of aliphatic hydroxyl groups is 1. The molecule has 2 rings (SSSR count). The van der Waals surface area contributed by atoms with Crippen molar-refractivity contribution in [2.24, 2.45) is 5.41 Å². The van der Waals surface area contributed by atoms with Crippen LogP contribution in [0, 0.1) is 5.41 Å². The third-order valence-electron chi connectivity index (χ3n) is 4.40. The Morgan fingerprint density at radius 1 is 1.21 bits per heavy atom. The van der Waals surface area contributed by atoms with Gasteiger partial charge < -0.3 is 5.11 Å². The van der Waals surface area contributed by atoms with E-state index in [1.54, 1.807) is 6.07 Å². The number of hydrogen-bond donors (Lipinski definition) is 1. The highest BCUT2D eigenvalue weighted by molar-refractivity contribution is 5.27. The van der Waals surface area contributed by atoms with E-state index in [1.807, 2.05) is 13.8 Å². The molecule has 0 radical (unpaired) electrons. The van der Waals surface area contributed by atoms with E-state index in [0.717, 1.165) is 25.0 Å². The van der Waals surface area contributed by atoms with Crippen LogP contribution in [0.3, 0.4) is 0 Å². The Labute approximate surface area is 111 Å². The smallest absolute Gasteiger partial charge is 0.389 e. The molecule has 1 aromatic carbocycles. The van der Waals surface area contributed by atoms with Crippen molar-refractivity contribution in [3.05, 3.63) is 35.4 Å². The molecule has 1 fully saturated rings. The quantitative estimate of drug-likeness (QED) is 0.856. The van der Waals surface area contributed by atoms with E-state index in [9.17, 15) is 18.3 Å². The molecule has 106 valence electrons. The summed E-state index contributed by atoms with van der Waals surface area (Å²) in [4.78, 5) is 0. The van der Waals surface area contributed by atoms with Crippen LogP contribution < -0.4 is 0 Å². The SMILES string of the molecule is CC1(C)CCCC1(O)Cc1cccc(C(F)(F)F)c1. The first-order chi connectivity index (χ1) is 8.64. The van der Waals surface area contributed by atoms with Crippen molar-refractivity contribution in [1.29, 1.82) is 0 Å². The lowest BCUT2D eigenvalue weighted by atomic mass is 9.74. The summed E-state index contributed by atoms with van der Waals surface area (Å²) >= 11 is 0. The lowest BCUT2D eigenvalue weighted by Crippen LogP contribution is -2.41. The average Bonchev–Trinajstić information content (AvgIpc) is 2.52. The van der Waals surface area contributed by atoms with Crippen LogP contribution in [-0.2, 0) is 12.6 Å². The molecule has 0 spiro atoms. The van der Waals surface area contributed by atoms with Crippen LogP contribution in [0.15, 0.2) is 24.3 Å². The van der Waals surface area contributed by atoms with Crippen molar-refractivity contribution < 1.29 is 18.3 Å². The van der Waals surface area contributed by atoms with Crippen LogP contribution >= 0.6 is 0 Å². The van der Waals surface area contributed by atoms with Crippen LogP contribution in [0.5, 0.6) is 0 Å². The Kier molecular flexibility index (Phi) is 3.42. The molecule has 0 bridgehead atoms. The van der Waals surface area contributed by atoms with Crippen LogP contribution in [0.25, 0.3) is 0 Å². The van der Waals surface area contributed by atoms with Gasteiger partial charge in [0.15, 0.2) is 0 Å². The number of halogens is 3. The van der Waals surface area contributed by atoms with Gasteiger partial charge >= 0.3 is 6.18 Å². The topological polar surface area (TPSA) is 20.2 Å².